The predicted octanol–water partition coefficient (Wildman–Crippen LogP) is 2.62. The quantitative estimate of drug-likeness (QED) is 0.699. The lowest BCUT2D eigenvalue weighted by molar-refractivity contribution is 0.0765. The van der Waals surface area contributed by atoms with Crippen LogP contribution in [-0.4, -0.2) is 57.5 Å². The van der Waals surface area contributed by atoms with Gasteiger partial charge in [-0.1, -0.05) is 6.07 Å². The van der Waals surface area contributed by atoms with E-state index in [-0.39, 0.29) is 12.0 Å². The van der Waals surface area contributed by atoms with Crippen molar-refractivity contribution in [3.8, 4) is 5.75 Å². The van der Waals surface area contributed by atoms with Crippen molar-refractivity contribution < 1.29 is 9.53 Å². The maximum atomic E-state index is 13.0. The molecule has 0 aromatic carbocycles. The summed E-state index contributed by atoms with van der Waals surface area (Å²) in [6.45, 7) is 3.31. The first-order valence-electron chi connectivity index (χ1n) is 9.87. The number of hydrogen-bond donors (Lipinski definition) is 0. The van der Waals surface area contributed by atoms with Gasteiger partial charge < -0.3 is 14.5 Å². The number of carbonyl (C=O) groups is 1. The molecule has 5 heterocycles. The first kappa shape index (κ1) is 17.0. The third-order valence-electron chi connectivity index (χ3n) is 5.52. The van der Waals surface area contributed by atoms with E-state index in [0.717, 1.165) is 36.7 Å². The predicted molar refractivity (Wildman–Crippen MR) is 106 cm³/mol. The van der Waals surface area contributed by atoms with Gasteiger partial charge in [-0.05, 0) is 37.1 Å². The van der Waals surface area contributed by atoms with Crippen LogP contribution in [0.2, 0.25) is 0 Å². The smallest absolute Gasteiger partial charge is 0.272 e. The zero-order valence-electron chi connectivity index (χ0n) is 15.7. The van der Waals surface area contributed by atoms with Crippen LogP contribution >= 0.6 is 0 Å². The van der Waals surface area contributed by atoms with Crippen molar-refractivity contribution in [2.24, 2.45) is 0 Å². The molecule has 0 aliphatic carbocycles. The van der Waals surface area contributed by atoms with Crippen LogP contribution in [0.4, 0.5) is 5.82 Å². The van der Waals surface area contributed by atoms with Gasteiger partial charge in [-0.15, -0.1) is 0 Å². The summed E-state index contributed by atoms with van der Waals surface area (Å²) in [5.41, 5.74) is 1.37. The van der Waals surface area contributed by atoms with Gasteiger partial charge in [0.2, 0.25) is 0 Å². The maximum Gasteiger partial charge on any atom is 0.272 e. The molecule has 0 saturated carbocycles. The van der Waals surface area contributed by atoms with Gasteiger partial charge >= 0.3 is 0 Å². The Labute approximate surface area is 163 Å². The molecule has 1 atom stereocenters. The third-order valence-corrected chi connectivity index (χ3v) is 5.52. The summed E-state index contributed by atoms with van der Waals surface area (Å²) in [4.78, 5) is 26.0. The third kappa shape index (κ3) is 3.06. The molecule has 2 aliphatic heterocycles. The highest BCUT2D eigenvalue weighted by Crippen LogP contribution is 2.30. The van der Waals surface area contributed by atoms with E-state index >= 15 is 0 Å². The molecule has 144 valence electrons. The van der Waals surface area contributed by atoms with Crippen molar-refractivity contribution in [1.29, 1.82) is 0 Å². The van der Waals surface area contributed by atoms with Crippen LogP contribution in [-0.2, 0) is 0 Å². The highest BCUT2D eigenvalue weighted by molar-refractivity contribution is 5.93. The molecule has 3 aromatic rings. The number of carbonyl (C=O) groups excluding carboxylic acids is 1. The molecule has 5 rings (SSSR count). The SMILES string of the molecule is O=C(c1cnc2ccccn12)N1CCC(Oc2cccnc2N2CCCC2)C1. The Morgan fingerprint density at radius 1 is 1.07 bits per heavy atom. The molecule has 0 N–H and O–H groups in total. The van der Waals surface area contributed by atoms with Crippen molar-refractivity contribution in [3.63, 3.8) is 0 Å². The Hall–Kier alpha value is -3.09. The number of nitrogens with zero attached hydrogens (tertiary/aromatic N) is 5. The number of hydrogen-bond acceptors (Lipinski definition) is 5. The molecule has 3 aromatic heterocycles. The van der Waals surface area contributed by atoms with E-state index in [1.807, 2.05) is 52.0 Å². The van der Waals surface area contributed by atoms with Crippen molar-refractivity contribution in [2.45, 2.75) is 25.4 Å². The highest BCUT2D eigenvalue weighted by atomic mass is 16.5. The van der Waals surface area contributed by atoms with E-state index in [0.29, 0.717) is 18.8 Å². The molecule has 7 nitrogen and oxygen atoms in total. The zero-order chi connectivity index (χ0) is 18.9. The maximum absolute atomic E-state index is 13.0. The second-order valence-corrected chi connectivity index (χ2v) is 7.37. The number of rotatable bonds is 4. The molecule has 2 saturated heterocycles. The van der Waals surface area contributed by atoms with Crippen LogP contribution in [0.5, 0.6) is 5.75 Å². The molecule has 2 fully saturated rings. The molecule has 0 bridgehead atoms. The lowest BCUT2D eigenvalue weighted by Crippen LogP contribution is -2.32. The average Bonchev–Trinajstić information content (AvgIpc) is 3.48. The van der Waals surface area contributed by atoms with Crippen LogP contribution < -0.4 is 9.64 Å². The molecule has 1 unspecified atom stereocenters. The van der Waals surface area contributed by atoms with Gasteiger partial charge in [0.15, 0.2) is 11.6 Å². The number of likely N-dealkylation sites (tertiary alicyclic amines) is 1. The fourth-order valence-electron chi connectivity index (χ4n) is 4.08. The van der Waals surface area contributed by atoms with Crippen molar-refractivity contribution >= 4 is 17.4 Å². The minimum Gasteiger partial charge on any atom is -0.485 e. The number of imidazole rings is 1. The minimum atomic E-state index is -0.0197. The molecule has 28 heavy (non-hydrogen) atoms. The lowest BCUT2D eigenvalue weighted by atomic mass is 10.3. The second kappa shape index (κ2) is 7.14. The molecule has 2 aliphatic rings. The Morgan fingerprint density at radius 3 is 2.86 bits per heavy atom. The number of amides is 1. The molecule has 0 spiro atoms. The fraction of sp³-hybridized carbons (Fsp3) is 0.381. The van der Waals surface area contributed by atoms with E-state index in [9.17, 15) is 4.79 Å². The van der Waals surface area contributed by atoms with Gasteiger partial charge in [0.1, 0.15) is 17.4 Å². The van der Waals surface area contributed by atoms with Crippen LogP contribution in [0.1, 0.15) is 29.8 Å². The molecule has 1 amide bonds. The minimum absolute atomic E-state index is 0.00393. The van der Waals surface area contributed by atoms with Crippen molar-refractivity contribution in [3.05, 3.63) is 54.6 Å². The second-order valence-electron chi connectivity index (χ2n) is 7.37. The standard InChI is InChI=1S/C21H23N5O2/c27-21(17-14-23-19-7-1-2-12-26(17)19)25-13-8-16(15-25)28-18-6-5-9-22-20(18)24-10-3-4-11-24/h1-2,5-7,9,12,14,16H,3-4,8,10-11,13,15H2. The molecular weight excluding hydrogens is 354 g/mol. The average molecular weight is 377 g/mol. The number of ether oxygens (including phenoxy) is 1. The topological polar surface area (TPSA) is 63.0 Å². The van der Waals surface area contributed by atoms with E-state index in [1.54, 1.807) is 6.20 Å². The lowest BCUT2D eigenvalue weighted by Gasteiger charge is -2.22. The number of pyridine rings is 2. The monoisotopic (exact) mass is 377 g/mol. The van der Waals surface area contributed by atoms with E-state index in [1.165, 1.54) is 12.8 Å². The van der Waals surface area contributed by atoms with Crippen LogP contribution in [0.3, 0.4) is 0 Å². The van der Waals surface area contributed by atoms with Gasteiger partial charge in [-0.2, -0.15) is 0 Å². The largest absolute Gasteiger partial charge is 0.485 e. The number of aromatic nitrogens is 3. The first-order chi connectivity index (χ1) is 13.8. The number of anilines is 1. The van der Waals surface area contributed by atoms with Gasteiger partial charge in [-0.3, -0.25) is 9.20 Å². The van der Waals surface area contributed by atoms with Gasteiger partial charge in [0.25, 0.3) is 5.91 Å². The Kier molecular flexibility index (Phi) is 4.35. The Bertz CT molecular complexity index is 995. The summed E-state index contributed by atoms with van der Waals surface area (Å²) in [5.74, 6) is 1.74. The Balaban J connectivity index is 1.30. The highest BCUT2D eigenvalue weighted by Gasteiger charge is 2.30. The summed E-state index contributed by atoms with van der Waals surface area (Å²) in [7, 11) is 0. The zero-order valence-corrected chi connectivity index (χ0v) is 15.7. The van der Waals surface area contributed by atoms with Gasteiger partial charge in [0, 0.05) is 38.4 Å². The molecule has 0 radical (unpaired) electrons. The van der Waals surface area contributed by atoms with Gasteiger partial charge in [-0.25, -0.2) is 9.97 Å². The molecule has 7 heteroatoms. The van der Waals surface area contributed by atoms with E-state index in [4.69, 9.17) is 4.74 Å². The summed E-state index contributed by atoms with van der Waals surface area (Å²) >= 11 is 0. The number of fused-ring (bicyclic) bond motifs is 1. The Morgan fingerprint density at radius 2 is 1.96 bits per heavy atom. The van der Waals surface area contributed by atoms with E-state index in [2.05, 4.69) is 14.9 Å². The summed E-state index contributed by atoms with van der Waals surface area (Å²) in [5, 5.41) is 0. The first-order valence-corrected chi connectivity index (χ1v) is 9.87. The van der Waals surface area contributed by atoms with E-state index < -0.39 is 0 Å². The fourth-order valence-corrected chi connectivity index (χ4v) is 4.08. The van der Waals surface area contributed by atoms with Gasteiger partial charge in [0.05, 0.1) is 12.7 Å². The van der Waals surface area contributed by atoms with Crippen LogP contribution in [0.15, 0.2) is 48.9 Å². The summed E-state index contributed by atoms with van der Waals surface area (Å²) in [6.07, 6.45) is 8.53. The van der Waals surface area contributed by atoms with Crippen LogP contribution in [0, 0.1) is 0 Å². The van der Waals surface area contributed by atoms with Crippen molar-refractivity contribution in [2.75, 3.05) is 31.1 Å². The summed E-state index contributed by atoms with van der Waals surface area (Å²) < 4.78 is 8.12. The van der Waals surface area contributed by atoms with Crippen LogP contribution in [0.25, 0.3) is 5.65 Å². The van der Waals surface area contributed by atoms with Crippen molar-refractivity contribution in [1.82, 2.24) is 19.3 Å². The summed E-state index contributed by atoms with van der Waals surface area (Å²) in [6, 6.07) is 9.61. The molecular formula is C21H23N5O2. The normalized spacial score (nSPS) is 19.5.